The Bertz CT molecular complexity index is 1200. The van der Waals surface area contributed by atoms with Crippen molar-refractivity contribution in [3.63, 3.8) is 0 Å². The molecule has 2 aromatic rings. The van der Waals surface area contributed by atoms with Gasteiger partial charge in [0.25, 0.3) is 0 Å². The van der Waals surface area contributed by atoms with E-state index < -0.39 is 29.6 Å². The Morgan fingerprint density at radius 2 is 1.50 bits per heavy atom. The first kappa shape index (κ1) is 34.6. The van der Waals surface area contributed by atoms with Gasteiger partial charge in [-0.1, -0.05) is 73.5 Å². The van der Waals surface area contributed by atoms with Gasteiger partial charge in [0.1, 0.15) is 11.6 Å². The van der Waals surface area contributed by atoms with Gasteiger partial charge in [-0.2, -0.15) is 0 Å². The summed E-state index contributed by atoms with van der Waals surface area (Å²) in [6.45, 7) is 5.80. The van der Waals surface area contributed by atoms with Crippen molar-refractivity contribution in [2.45, 2.75) is 103 Å². The van der Waals surface area contributed by atoms with Crippen molar-refractivity contribution in [2.75, 3.05) is 6.54 Å². The number of ether oxygens (including phenoxy) is 1. The summed E-state index contributed by atoms with van der Waals surface area (Å²) in [5.41, 5.74) is 7.28. The average molecular weight is 607 g/mol. The van der Waals surface area contributed by atoms with Crippen molar-refractivity contribution in [2.24, 2.45) is 17.6 Å². The van der Waals surface area contributed by atoms with Gasteiger partial charge in [0.15, 0.2) is 0 Å². The van der Waals surface area contributed by atoms with Crippen LogP contribution in [0.1, 0.15) is 83.3 Å². The zero-order valence-corrected chi connectivity index (χ0v) is 26.5. The number of unbranched alkanes of at least 4 members (excludes halogenated alkanes) is 1. The second-order valence-electron chi connectivity index (χ2n) is 12.8. The van der Waals surface area contributed by atoms with E-state index in [1.165, 1.54) is 0 Å². The molecule has 9 nitrogen and oxygen atoms in total. The minimum Gasteiger partial charge on any atom is -0.444 e. The van der Waals surface area contributed by atoms with E-state index in [0.717, 1.165) is 30.4 Å². The Morgan fingerprint density at radius 3 is 2.14 bits per heavy atom. The quantitative estimate of drug-likeness (QED) is 0.215. The summed E-state index contributed by atoms with van der Waals surface area (Å²) in [6.07, 6.45) is 6.13. The van der Waals surface area contributed by atoms with E-state index in [4.69, 9.17) is 10.5 Å². The highest BCUT2D eigenvalue weighted by molar-refractivity contribution is 5.89. The molecule has 0 radical (unpaired) electrons. The summed E-state index contributed by atoms with van der Waals surface area (Å²) in [5.74, 6) is -1.65. The fraction of sp³-hybridized carbons (Fsp3) is 0.543. The first-order valence-electron chi connectivity index (χ1n) is 16.0. The summed E-state index contributed by atoms with van der Waals surface area (Å²) in [6, 6.07) is 18.8. The molecule has 1 aliphatic rings. The number of amides is 4. The molecule has 1 fully saturated rings. The number of aryl methyl sites for hydroxylation is 1. The maximum atomic E-state index is 13.8. The zero-order valence-electron chi connectivity index (χ0n) is 26.5. The predicted molar refractivity (Wildman–Crippen MR) is 172 cm³/mol. The third-order valence-corrected chi connectivity index (χ3v) is 8.00. The summed E-state index contributed by atoms with van der Waals surface area (Å²) in [7, 11) is 0. The largest absolute Gasteiger partial charge is 0.444 e. The number of nitrogens with one attached hydrogen (secondary N) is 3. The van der Waals surface area contributed by atoms with Gasteiger partial charge in [-0.3, -0.25) is 14.4 Å². The molecule has 5 N–H and O–H groups in total. The summed E-state index contributed by atoms with van der Waals surface area (Å²) < 4.78 is 5.29. The van der Waals surface area contributed by atoms with Crippen LogP contribution in [0.3, 0.4) is 0 Å². The van der Waals surface area contributed by atoms with Crippen LogP contribution in [0.2, 0.25) is 0 Å². The van der Waals surface area contributed by atoms with Gasteiger partial charge in [-0.15, -0.1) is 0 Å². The second kappa shape index (κ2) is 17.4. The van der Waals surface area contributed by atoms with Gasteiger partial charge in [-0.25, -0.2) is 4.79 Å². The monoisotopic (exact) mass is 606 g/mol. The van der Waals surface area contributed by atoms with Crippen molar-refractivity contribution in [1.29, 1.82) is 0 Å². The fourth-order valence-electron chi connectivity index (χ4n) is 5.67. The number of carbonyl (C=O) groups is 4. The standard InChI is InChI=1S/C35H50N4O5/c1-35(2,3)44-34(43)37-23-13-12-20-30(33(42)38-29-19-11-10-18-28(29)31(36)40)39-32(41)27(24-26-16-8-5-9-17-26)22-21-25-14-6-4-7-15-25/h4-9,14-17,27-30H,10-13,18-24H2,1-3H3,(H2,36,40)(H,37,43)(H,38,42)(H,39,41)/t27?,28?,29?,30-/m0/s1. The number of nitrogens with two attached hydrogens (primary N) is 1. The van der Waals surface area contributed by atoms with E-state index in [2.05, 4.69) is 28.1 Å². The van der Waals surface area contributed by atoms with Gasteiger partial charge in [0.2, 0.25) is 17.7 Å². The van der Waals surface area contributed by atoms with Crippen LogP contribution in [0.25, 0.3) is 0 Å². The fourth-order valence-corrected chi connectivity index (χ4v) is 5.67. The molecule has 4 atom stereocenters. The highest BCUT2D eigenvalue weighted by atomic mass is 16.6. The molecular weight excluding hydrogens is 556 g/mol. The van der Waals surface area contributed by atoms with Crippen molar-refractivity contribution < 1.29 is 23.9 Å². The lowest BCUT2D eigenvalue weighted by atomic mass is 9.84. The molecule has 0 aromatic heterocycles. The number of primary amides is 1. The molecule has 1 saturated carbocycles. The number of hydrogen-bond donors (Lipinski definition) is 4. The summed E-state index contributed by atoms with van der Waals surface area (Å²) >= 11 is 0. The zero-order chi connectivity index (χ0) is 32.0. The predicted octanol–water partition coefficient (Wildman–Crippen LogP) is 4.82. The molecule has 240 valence electrons. The van der Waals surface area contributed by atoms with Gasteiger partial charge < -0.3 is 26.4 Å². The number of rotatable bonds is 15. The van der Waals surface area contributed by atoms with E-state index in [-0.39, 0.29) is 23.8 Å². The lowest BCUT2D eigenvalue weighted by Gasteiger charge is -2.32. The lowest BCUT2D eigenvalue weighted by Crippen LogP contribution is -2.54. The minimum atomic E-state index is -0.783. The molecule has 1 aliphatic carbocycles. The smallest absolute Gasteiger partial charge is 0.407 e. The average Bonchev–Trinajstić information content (AvgIpc) is 2.98. The first-order valence-corrected chi connectivity index (χ1v) is 16.0. The highest BCUT2D eigenvalue weighted by Crippen LogP contribution is 2.24. The maximum Gasteiger partial charge on any atom is 0.407 e. The summed E-state index contributed by atoms with van der Waals surface area (Å²) in [5, 5.41) is 8.85. The summed E-state index contributed by atoms with van der Waals surface area (Å²) in [4.78, 5) is 51.6. The van der Waals surface area contributed by atoms with Crippen LogP contribution in [0.4, 0.5) is 4.79 Å². The third kappa shape index (κ3) is 12.4. The normalized spacial score (nSPS) is 18.0. The van der Waals surface area contributed by atoms with E-state index in [1.54, 1.807) is 20.8 Å². The molecule has 3 rings (SSSR count). The van der Waals surface area contributed by atoms with Crippen LogP contribution in [0.15, 0.2) is 60.7 Å². The second-order valence-corrected chi connectivity index (χ2v) is 12.8. The van der Waals surface area contributed by atoms with E-state index in [1.807, 2.05) is 48.5 Å². The molecule has 2 aromatic carbocycles. The maximum absolute atomic E-state index is 13.8. The SMILES string of the molecule is CC(C)(C)OC(=O)NCCCC[C@H](NC(=O)C(CCc1ccccc1)Cc1ccccc1)C(=O)NC1CCCCC1C(N)=O. The molecule has 0 heterocycles. The molecular formula is C35H50N4O5. The number of carbonyl (C=O) groups excluding carboxylic acids is 4. The Labute approximate surface area is 262 Å². The Morgan fingerprint density at radius 1 is 0.864 bits per heavy atom. The van der Waals surface area contributed by atoms with Crippen molar-refractivity contribution in [1.82, 2.24) is 16.0 Å². The molecule has 3 unspecified atom stereocenters. The van der Waals surface area contributed by atoms with Crippen LogP contribution >= 0.6 is 0 Å². The third-order valence-electron chi connectivity index (χ3n) is 8.00. The van der Waals surface area contributed by atoms with Crippen LogP contribution < -0.4 is 21.7 Å². The molecule has 0 aliphatic heterocycles. The molecule has 4 amide bonds. The molecule has 0 spiro atoms. The van der Waals surface area contributed by atoms with Crippen LogP contribution in [0.5, 0.6) is 0 Å². The van der Waals surface area contributed by atoms with Gasteiger partial charge in [-0.05, 0) is 83.3 Å². The highest BCUT2D eigenvalue weighted by Gasteiger charge is 2.33. The van der Waals surface area contributed by atoms with E-state index in [0.29, 0.717) is 51.5 Å². The molecule has 0 bridgehead atoms. The van der Waals surface area contributed by atoms with Crippen LogP contribution in [-0.4, -0.2) is 48.0 Å². The van der Waals surface area contributed by atoms with Crippen LogP contribution in [0, 0.1) is 11.8 Å². The van der Waals surface area contributed by atoms with Gasteiger partial charge in [0.05, 0.1) is 5.92 Å². The first-order chi connectivity index (χ1) is 21.0. The molecule has 44 heavy (non-hydrogen) atoms. The van der Waals surface area contributed by atoms with Crippen molar-refractivity contribution in [3.8, 4) is 0 Å². The van der Waals surface area contributed by atoms with Crippen molar-refractivity contribution >= 4 is 23.8 Å². The number of hydrogen-bond acceptors (Lipinski definition) is 5. The van der Waals surface area contributed by atoms with E-state index in [9.17, 15) is 19.2 Å². The van der Waals surface area contributed by atoms with Gasteiger partial charge in [0, 0.05) is 18.5 Å². The van der Waals surface area contributed by atoms with Crippen molar-refractivity contribution in [3.05, 3.63) is 71.8 Å². The number of alkyl carbamates (subject to hydrolysis) is 1. The number of benzene rings is 2. The lowest BCUT2D eigenvalue weighted by molar-refractivity contribution is -0.133. The Hall–Kier alpha value is -3.88. The van der Waals surface area contributed by atoms with E-state index >= 15 is 0 Å². The molecule has 9 heteroatoms. The molecule has 0 saturated heterocycles. The van der Waals surface area contributed by atoms with Crippen LogP contribution in [-0.2, 0) is 32.0 Å². The topological polar surface area (TPSA) is 140 Å². The minimum absolute atomic E-state index is 0.174. The van der Waals surface area contributed by atoms with Gasteiger partial charge >= 0.3 is 6.09 Å². The Kier molecular flexibility index (Phi) is 13.7. The Balaban J connectivity index is 1.69.